The van der Waals surface area contributed by atoms with E-state index in [2.05, 4.69) is 21.2 Å². The molecule has 2 unspecified atom stereocenters. The van der Waals surface area contributed by atoms with Crippen molar-refractivity contribution in [3.8, 4) is 0 Å². The number of hydrogen-bond donors (Lipinski definition) is 2. The maximum absolute atomic E-state index is 12.3. The number of ether oxygens (including phenoxy) is 1. The zero-order valence-electron chi connectivity index (χ0n) is 12.4. The molecule has 0 spiro atoms. The van der Waals surface area contributed by atoms with Crippen LogP contribution in [-0.4, -0.2) is 68.4 Å². The maximum Gasteiger partial charge on any atom is 0.253 e. The highest BCUT2D eigenvalue weighted by Gasteiger charge is 2.39. The molecule has 2 saturated heterocycles. The maximum atomic E-state index is 12.3. The van der Waals surface area contributed by atoms with Crippen LogP contribution >= 0.6 is 0 Å². The average Bonchev–Trinajstić information content (AvgIpc) is 2.96. The minimum absolute atomic E-state index is 0.0184. The molecule has 0 aromatic carbocycles. The third-order valence-electron chi connectivity index (χ3n) is 3.77. The summed E-state index contributed by atoms with van der Waals surface area (Å²) in [5.74, 6) is -0.446. The van der Waals surface area contributed by atoms with Crippen LogP contribution < -0.4 is 9.80 Å². The number of rotatable bonds is 4. The molecular formula is C12H15N5O5S2. The summed E-state index contributed by atoms with van der Waals surface area (Å²) in [5, 5.41) is 9.65. The highest BCUT2D eigenvalue weighted by Crippen LogP contribution is 2.23. The Balaban J connectivity index is 1.73. The molecule has 1 aromatic heterocycles. The fourth-order valence-electron chi connectivity index (χ4n) is 2.56. The molecule has 3 heterocycles. The second-order valence-electron chi connectivity index (χ2n) is 5.17. The third kappa shape index (κ3) is 3.29. The van der Waals surface area contributed by atoms with E-state index in [4.69, 9.17) is 4.74 Å². The molecule has 2 fully saturated rings. The first-order chi connectivity index (χ1) is 11.5. The van der Waals surface area contributed by atoms with E-state index in [1.165, 1.54) is 22.2 Å². The van der Waals surface area contributed by atoms with Crippen LogP contribution in [0.2, 0.25) is 0 Å². The molecule has 1 aromatic rings. The Morgan fingerprint density at radius 3 is 2.62 bits per heavy atom. The van der Waals surface area contributed by atoms with Crippen molar-refractivity contribution in [3.05, 3.63) is 12.4 Å². The fourth-order valence-corrected chi connectivity index (χ4v) is 3.29. The number of hydrogen-bond acceptors (Lipinski definition) is 7. The van der Waals surface area contributed by atoms with Gasteiger partial charge in [-0.1, -0.05) is 4.47 Å². The number of hydroxylamine groups is 1. The predicted octanol–water partition coefficient (Wildman–Crippen LogP) is -0.895. The first kappa shape index (κ1) is 17.3. The molecule has 0 radical (unpaired) electrons. The van der Waals surface area contributed by atoms with E-state index >= 15 is 0 Å². The number of carbonyl (C=O) groups is 2. The van der Waals surface area contributed by atoms with Gasteiger partial charge in [-0.15, -0.1) is 0 Å². The number of anilines is 2. The monoisotopic (exact) mass is 373 g/mol. The van der Waals surface area contributed by atoms with E-state index in [1.54, 1.807) is 0 Å². The van der Waals surface area contributed by atoms with Gasteiger partial charge in [-0.05, 0) is 17.6 Å². The van der Waals surface area contributed by atoms with E-state index < -0.39 is 21.9 Å². The van der Waals surface area contributed by atoms with Crippen LogP contribution in [0.3, 0.4) is 0 Å². The van der Waals surface area contributed by atoms with Crippen molar-refractivity contribution in [1.29, 1.82) is 0 Å². The minimum Gasteiger partial charge on any atom is -0.370 e. The van der Waals surface area contributed by atoms with Gasteiger partial charge in [0, 0.05) is 13.1 Å². The Morgan fingerprint density at radius 1 is 1.29 bits per heavy atom. The van der Waals surface area contributed by atoms with Crippen LogP contribution in [0.5, 0.6) is 0 Å². The number of nitrogens with zero attached hydrogens (tertiary/aromatic N) is 5. The van der Waals surface area contributed by atoms with Gasteiger partial charge in [-0.3, -0.25) is 14.5 Å². The van der Waals surface area contributed by atoms with Gasteiger partial charge in [-0.2, -0.15) is 0 Å². The molecule has 130 valence electrons. The zero-order valence-corrected chi connectivity index (χ0v) is 14.1. The van der Waals surface area contributed by atoms with Crippen LogP contribution in [0.25, 0.3) is 0 Å². The van der Waals surface area contributed by atoms with Gasteiger partial charge in [0.05, 0.1) is 24.7 Å². The topological polar surface area (TPSA) is 119 Å². The van der Waals surface area contributed by atoms with Crippen LogP contribution in [0, 0.1) is 0 Å². The first-order valence-electron chi connectivity index (χ1n) is 7.09. The molecular weight excluding hydrogens is 358 g/mol. The lowest BCUT2D eigenvalue weighted by molar-refractivity contribution is -0.128. The van der Waals surface area contributed by atoms with E-state index in [-0.39, 0.29) is 18.5 Å². The van der Waals surface area contributed by atoms with Crippen molar-refractivity contribution in [3.63, 3.8) is 0 Å². The number of carbonyl (C=O) groups excluding carboxylic acids is 2. The summed E-state index contributed by atoms with van der Waals surface area (Å²) in [7, 11) is -1.83. The summed E-state index contributed by atoms with van der Waals surface area (Å²) >= 11 is 4.56. The largest absolute Gasteiger partial charge is 0.370 e. The summed E-state index contributed by atoms with van der Waals surface area (Å²) < 4.78 is 14.8. The Morgan fingerprint density at radius 2 is 2.00 bits per heavy atom. The van der Waals surface area contributed by atoms with Gasteiger partial charge < -0.3 is 19.4 Å². The van der Waals surface area contributed by atoms with Crippen molar-refractivity contribution in [1.82, 2.24) is 14.4 Å². The summed E-state index contributed by atoms with van der Waals surface area (Å²) in [6, 6.07) is -0.917. The molecule has 0 aliphatic carbocycles. The summed E-state index contributed by atoms with van der Waals surface area (Å²) in [5.41, 5.74) is 0.529. The van der Waals surface area contributed by atoms with Crippen LogP contribution in [-0.2, 0) is 35.4 Å². The molecule has 2 aliphatic heterocycles. The minimum atomic E-state index is -1.83. The molecule has 2 amide bonds. The third-order valence-corrected chi connectivity index (χ3v) is 4.80. The van der Waals surface area contributed by atoms with Crippen LogP contribution in [0.15, 0.2) is 12.4 Å². The Hall–Kier alpha value is -1.57. The quantitative estimate of drug-likeness (QED) is 0.647. The molecule has 24 heavy (non-hydrogen) atoms. The van der Waals surface area contributed by atoms with Gasteiger partial charge in [0.1, 0.15) is 22.6 Å². The average molecular weight is 373 g/mol. The second-order valence-corrected chi connectivity index (χ2v) is 6.90. The van der Waals surface area contributed by atoms with Gasteiger partial charge in [0.15, 0.2) is 0 Å². The van der Waals surface area contributed by atoms with Crippen LogP contribution in [0.4, 0.5) is 11.6 Å². The van der Waals surface area contributed by atoms with Crippen molar-refractivity contribution in [2.24, 2.45) is 0 Å². The second kappa shape index (κ2) is 7.13. The molecule has 10 nitrogen and oxygen atoms in total. The van der Waals surface area contributed by atoms with Gasteiger partial charge in [-0.25, -0.2) is 9.97 Å². The van der Waals surface area contributed by atoms with Crippen molar-refractivity contribution < 1.29 is 24.1 Å². The number of aromatic nitrogens is 2. The van der Waals surface area contributed by atoms with Gasteiger partial charge in [0.2, 0.25) is 11.9 Å². The van der Waals surface area contributed by atoms with E-state index in [1.807, 2.05) is 0 Å². The van der Waals surface area contributed by atoms with E-state index in [9.17, 15) is 19.3 Å². The van der Waals surface area contributed by atoms with Crippen LogP contribution in [0.1, 0.15) is 6.42 Å². The summed E-state index contributed by atoms with van der Waals surface area (Å²) in [6.45, 7) is 1.17. The number of amides is 2. The van der Waals surface area contributed by atoms with E-state index in [0.29, 0.717) is 36.3 Å². The Labute approximate surface area is 144 Å². The van der Waals surface area contributed by atoms with Crippen molar-refractivity contribution in [2.45, 2.75) is 12.5 Å². The molecule has 2 N–H and O–H groups in total. The van der Waals surface area contributed by atoms with Gasteiger partial charge >= 0.3 is 0 Å². The molecule has 0 saturated carbocycles. The Kier molecular flexibility index (Phi) is 5.12. The SMILES string of the molecule is O=C1COCCN1c1cnc(N2CCC(N(O)S(O)=S)C2=O)nc1. The summed E-state index contributed by atoms with van der Waals surface area (Å²) in [4.78, 5) is 35.2. The zero-order chi connectivity index (χ0) is 17.3. The highest BCUT2D eigenvalue weighted by atomic mass is 32.8. The smallest absolute Gasteiger partial charge is 0.253 e. The highest BCUT2D eigenvalue weighted by molar-refractivity contribution is 8.24. The lowest BCUT2D eigenvalue weighted by Crippen LogP contribution is -2.42. The first-order valence-corrected chi connectivity index (χ1v) is 9.16. The summed E-state index contributed by atoms with van der Waals surface area (Å²) in [6.07, 6.45) is 3.22. The standard InChI is InChI=1S/C12H15N5O5S2/c18-10-7-22-4-3-15(10)8-5-13-12(14-6-8)16-2-1-9(11(16)19)17(20)24(21)23/h5-6,9,20H,1-4,7H2,(H,21,23). The molecule has 2 aliphatic rings. The van der Waals surface area contributed by atoms with Gasteiger partial charge in [0.25, 0.3) is 5.91 Å². The molecule has 0 bridgehead atoms. The van der Waals surface area contributed by atoms with E-state index in [0.717, 1.165) is 0 Å². The fraction of sp³-hybridized carbons (Fsp3) is 0.500. The Bertz CT molecular complexity index is 672. The van der Waals surface area contributed by atoms with Crippen molar-refractivity contribution >= 4 is 44.6 Å². The molecule has 3 rings (SSSR count). The number of morpholine rings is 1. The predicted molar refractivity (Wildman–Crippen MR) is 86.9 cm³/mol. The molecule has 12 heteroatoms. The lowest BCUT2D eigenvalue weighted by Gasteiger charge is -2.26. The van der Waals surface area contributed by atoms with Crippen molar-refractivity contribution in [2.75, 3.05) is 36.1 Å². The molecule has 2 atom stereocenters. The lowest BCUT2D eigenvalue weighted by atomic mass is 10.3. The normalized spacial score (nSPS) is 23.2.